The van der Waals surface area contributed by atoms with E-state index >= 15 is 0 Å². The van der Waals surface area contributed by atoms with E-state index in [-0.39, 0.29) is 0 Å². The highest BCUT2D eigenvalue weighted by Crippen LogP contribution is 2.17. The molecular formula is C14H30N4O3S. The van der Waals surface area contributed by atoms with Crippen LogP contribution in [0.15, 0.2) is 0 Å². The molecule has 0 aliphatic carbocycles. The molecule has 2 aliphatic rings. The molecule has 1 N–H and O–H groups in total. The molecule has 0 aromatic rings. The quantitative estimate of drug-likeness (QED) is 0.717. The first-order chi connectivity index (χ1) is 10.2. The van der Waals surface area contributed by atoms with Gasteiger partial charge in [-0.3, -0.25) is 4.90 Å². The fourth-order valence-corrected chi connectivity index (χ4v) is 4.47. The van der Waals surface area contributed by atoms with Crippen molar-refractivity contribution in [2.24, 2.45) is 0 Å². The van der Waals surface area contributed by atoms with Gasteiger partial charge in [0.15, 0.2) is 0 Å². The lowest BCUT2D eigenvalue weighted by Crippen LogP contribution is -2.57. The molecule has 0 aromatic carbocycles. The van der Waals surface area contributed by atoms with Crippen LogP contribution in [-0.2, 0) is 10.2 Å². The number of hydrogen-bond acceptors (Lipinski definition) is 5. The summed E-state index contributed by atoms with van der Waals surface area (Å²) >= 11 is 0. The van der Waals surface area contributed by atoms with Gasteiger partial charge in [0.1, 0.15) is 0 Å². The predicted molar refractivity (Wildman–Crippen MR) is 86.9 cm³/mol. The monoisotopic (exact) mass is 334 g/mol. The molecule has 2 heterocycles. The first-order valence-electron chi connectivity index (χ1n) is 8.13. The number of β-amino-alcohol motifs (C(OH)–C–C–N with tert-alkyl or cyclic N) is 1. The number of hydrogen-bond donors (Lipinski definition) is 1. The van der Waals surface area contributed by atoms with Crippen LogP contribution in [0.2, 0.25) is 0 Å². The summed E-state index contributed by atoms with van der Waals surface area (Å²) in [5.74, 6) is 0. The van der Waals surface area contributed by atoms with Crippen LogP contribution in [0.25, 0.3) is 0 Å². The molecule has 0 radical (unpaired) electrons. The van der Waals surface area contributed by atoms with Gasteiger partial charge in [-0.1, -0.05) is 6.92 Å². The van der Waals surface area contributed by atoms with Gasteiger partial charge in [0.2, 0.25) is 0 Å². The lowest BCUT2D eigenvalue weighted by Gasteiger charge is -2.40. The summed E-state index contributed by atoms with van der Waals surface area (Å²) in [5.41, 5.74) is -0.696. The van der Waals surface area contributed by atoms with E-state index in [1.165, 1.54) is 0 Å². The highest BCUT2D eigenvalue weighted by Gasteiger charge is 2.34. The van der Waals surface area contributed by atoms with E-state index < -0.39 is 15.8 Å². The van der Waals surface area contributed by atoms with Crippen LogP contribution < -0.4 is 0 Å². The normalized spacial score (nSPS) is 26.9. The van der Waals surface area contributed by atoms with E-state index in [1.54, 1.807) is 8.61 Å². The Labute approximate surface area is 134 Å². The summed E-state index contributed by atoms with van der Waals surface area (Å²) < 4.78 is 28.5. The number of nitrogens with zero attached hydrogens (tertiary/aromatic N) is 4. The molecule has 22 heavy (non-hydrogen) atoms. The first kappa shape index (κ1) is 18.1. The maximum Gasteiger partial charge on any atom is 0.282 e. The minimum Gasteiger partial charge on any atom is -0.389 e. The second-order valence-electron chi connectivity index (χ2n) is 6.74. The molecule has 0 bridgehead atoms. The lowest BCUT2D eigenvalue weighted by atomic mass is 10.0. The van der Waals surface area contributed by atoms with Gasteiger partial charge in [0, 0.05) is 58.9 Å². The summed E-state index contributed by atoms with van der Waals surface area (Å²) in [5, 5.41) is 10.1. The standard InChI is InChI=1S/C14H30N4O3S/c1-4-14(2,19)13-16-7-11-18(12-8-16)22(20,21)17-9-5-15(3)6-10-17/h19H,4-13H2,1-3H3/t14-/m1/s1. The first-order valence-corrected chi connectivity index (χ1v) is 9.53. The van der Waals surface area contributed by atoms with E-state index in [2.05, 4.69) is 9.80 Å². The van der Waals surface area contributed by atoms with Crippen molar-refractivity contribution in [2.45, 2.75) is 25.9 Å². The van der Waals surface area contributed by atoms with Crippen molar-refractivity contribution in [3.63, 3.8) is 0 Å². The predicted octanol–water partition coefficient (Wildman–Crippen LogP) is -0.743. The van der Waals surface area contributed by atoms with Gasteiger partial charge in [-0.25, -0.2) is 0 Å². The third-order valence-corrected chi connectivity index (χ3v) is 6.81. The maximum absolute atomic E-state index is 12.7. The Hall–Kier alpha value is -0.250. The number of likely N-dealkylation sites (N-methyl/N-ethyl adjacent to an activating group) is 1. The average Bonchev–Trinajstić information content (AvgIpc) is 2.48. The lowest BCUT2D eigenvalue weighted by molar-refractivity contribution is 0.00774. The zero-order valence-corrected chi connectivity index (χ0v) is 14.8. The van der Waals surface area contributed by atoms with Gasteiger partial charge >= 0.3 is 0 Å². The molecule has 130 valence electrons. The summed E-state index contributed by atoms with van der Waals surface area (Å²) in [7, 11) is -1.31. The molecule has 2 fully saturated rings. The van der Waals surface area contributed by atoms with Crippen molar-refractivity contribution in [3.8, 4) is 0 Å². The maximum atomic E-state index is 12.7. The Morgan fingerprint density at radius 2 is 1.41 bits per heavy atom. The SMILES string of the molecule is CC[C@@](C)(O)CN1CCN(S(=O)(=O)N2CCN(C)CC2)CC1. The molecule has 0 saturated carbocycles. The molecule has 1 atom stereocenters. The van der Waals surface area contributed by atoms with Crippen molar-refractivity contribution >= 4 is 10.2 Å². The van der Waals surface area contributed by atoms with Crippen LogP contribution in [0.5, 0.6) is 0 Å². The van der Waals surface area contributed by atoms with Crippen molar-refractivity contribution in [1.82, 2.24) is 18.4 Å². The smallest absolute Gasteiger partial charge is 0.282 e. The summed E-state index contributed by atoms with van der Waals surface area (Å²) in [6.45, 7) is 9.51. The summed E-state index contributed by atoms with van der Waals surface area (Å²) in [4.78, 5) is 4.30. The number of piperazine rings is 2. The van der Waals surface area contributed by atoms with Crippen LogP contribution >= 0.6 is 0 Å². The molecule has 8 heteroatoms. The van der Waals surface area contributed by atoms with Crippen molar-refractivity contribution in [1.29, 1.82) is 0 Å². The summed E-state index contributed by atoms with van der Waals surface area (Å²) in [6, 6.07) is 0. The van der Waals surface area contributed by atoms with Crippen LogP contribution in [0.1, 0.15) is 20.3 Å². The average molecular weight is 334 g/mol. The van der Waals surface area contributed by atoms with Crippen LogP contribution in [0.4, 0.5) is 0 Å². The van der Waals surface area contributed by atoms with E-state index in [1.807, 2.05) is 20.9 Å². The molecule has 0 aromatic heterocycles. The Bertz CT molecular complexity index is 453. The van der Waals surface area contributed by atoms with Crippen molar-refractivity contribution in [2.75, 3.05) is 66.0 Å². The molecule has 2 rings (SSSR count). The van der Waals surface area contributed by atoms with E-state index in [9.17, 15) is 13.5 Å². The van der Waals surface area contributed by atoms with E-state index in [4.69, 9.17) is 0 Å². The zero-order valence-electron chi connectivity index (χ0n) is 14.0. The highest BCUT2D eigenvalue weighted by molar-refractivity contribution is 7.86. The Kier molecular flexibility index (Phi) is 5.84. The van der Waals surface area contributed by atoms with Gasteiger partial charge in [-0.2, -0.15) is 17.0 Å². The van der Waals surface area contributed by atoms with Gasteiger partial charge in [0.05, 0.1) is 5.60 Å². The minimum atomic E-state index is -3.33. The van der Waals surface area contributed by atoms with E-state index in [0.29, 0.717) is 52.2 Å². The fourth-order valence-electron chi connectivity index (χ4n) is 2.89. The Balaban J connectivity index is 1.88. The van der Waals surface area contributed by atoms with Crippen molar-refractivity contribution in [3.05, 3.63) is 0 Å². The second kappa shape index (κ2) is 7.11. The third-order valence-electron chi connectivity index (χ3n) is 4.77. The fraction of sp³-hybridized carbons (Fsp3) is 1.00. The Morgan fingerprint density at radius 1 is 0.955 bits per heavy atom. The van der Waals surface area contributed by atoms with Gasteiger partial charge in [-0.05, 0) is 20.4 Å². The zero-order chi connectivity index (χ0) is 16.4. The molecule has 2 aliphatic heterocycles. The number of aliphatic hydroxyl groups is 1. The van der Waals surface area contributed by atoms with Crippen molar-refractivity contribution < 1.29 is 13.5 Å². The second-order valence-corrected chi connectivity index (χ2v) is 8.66. The molecule has 0 amide bonds. The largest absolute Gasteiger partial charge is 0.389 e. The molecular weight excluding hydrogens is 304 g/mol. The van der Waals surface area contributed by atoms with Gasteiger partial charge < -0.3 is 10.0 Å². The molecule has 0 spiro atoms. The Morgan fingerprint density at radius 3 is 1.86 bits per heavy atom. The highest BCUT2D eigenvalue weighted by atomic mass is 32.2. The molecule has 0 unspecified atom stereocenters. The van der Waals surface area contributed by atoms with Gasteiger partial charge in [0.25, 0.3) is 10.2 Å². The van der Waals surface area contributed by atoms with Crippen LogP contribution in [0, 0.1) is 0 Å². The van der Waals surface area contributed by atoms with Crippen LogP contribution in [0.3, 0.4) is 0 Å². The van der Waals surface area contributed by atoms with Gasteiger partial charge in [-0.15, -0.1) is 0 Å². The number of rotatable bonds is 5. The topological polar surface area (TPSA) is 67.3 Å². The van der Waals surface area contributed by atoms with Crippen LogP contribution in [-0.4, -0.2) is 103 Å². The minimum absolute atomic E-state index is 0.508. The van der Waals surface area contributed by atoms with E-state index in [0.717, 1.165) is 13.1 Å². The summed E-state index contributed by atoms with van der Waals surface area (Å²) in [6.07, 6.45) is 0.701. The molecule has 2 saturated heterocycles. The molecule has 7 nitrogen and oxygen atoms in total. The third kappa shape index (κ3) is 4.39.